The van der Waals surface area contributed by atoms with Crippen molar-refractivity contribution in [3.63, 3.8) is 0 Å². The Labute approximate surface area is 171 Å². The van der Waals surface area contributed by atoms with Crippen molar-refractivity contribution in [2.24, 2.45) is 0 Å². The van der Waals surface area contributed by atoms with Gasteiger partial charge in [-0.15, -0.1) is 11.8 Å². The van der Waals surface area contributed by atoms with Crippen LogP contribution in [-0.2, 0) is 4.79 Å². The molecule has 0 saturated carbocycles. The van der Waals surface area contributed by atoms with Crippen LogP contribution in [0.25, 0.3) is 21.5 Å². The SMILES string of the molecule is Cc1ccc2nc(NC(=O)CCSc3cc(-c4ccccc4)ncn3)sc2c1. The maximum atomic E-state index is 12.2. The monoisotopic (exact) mass is 406 g/mol. The molecule has 0 radical (unpaired) electrons. The van der Waals surface area contributed by atoms with Crippen LogP contribution >= 0.6 is 23.1 Å². The summed E-state index contributed by atoms with van der Waals surface area (Å²) in [6.07, 6.45) is 1.96. The molecule has 2 heterocycles. The summed E-state index contributed by atoms with van der Waals surface area (Å²) in [7, 11) is 0. The standard InChI is InChI=1S/C21H18N4OS2/c1-14-7-8-16-18(11-14)28-21(24-16)25-19(26)9-10-27-20-12-17(22-13-23-20)15-5-3-2-4-6-15/h2-8,11-13H,9-10H2,1H3,(H,24,25,26). The molecule has 0 atom stereocenters. The molecule has 4 aromatic rings. The molecule has 0 saturated heterocycles. The molecule has 0 fully saturated rings. The van der Waals surface area contributed by atoms with Crippen LogP contribution in [0.1, 0.15) is 12.0 Å². The lowest BCUT2D eigenvalue weighted by Crippen LogP contribution is -2.11. The number of amides is 1. The van der Waals surface area contributed by atoms with Gasteiger partial charge in [0.15, 0.2) is 5.13 Å². The zero-order valence-corrected chi connectivity index (χ0v) is 16.9. The average Bonchev–Trinajstić information content (AvgIpc) is 3.10. The van der Waals surface area contributed by atoms with Crippen LogP contribution in [0.15, 0.2) is 66.0 Å². The van der Waals surface area contributed by atoms with Gasteiger partial charge in [0.05, 0.1) is 20.9 Å². The Bertz CT molecular complexity index is 1110. The maximum Gasteiger partial charge on any atom is 0.226 e. The lowest BCUT2D eigenvalue weighted by molar-refractivity contribution is -0.115. The van der Waals surface area contributed by atoms with E-state index >= 15 is 0 Å². The van der Waals surface area contributed by atoms with Gasteiger partial charge >= 0.3 is 0 Å². The van der Waals surface area contributed by atoms with Gasteiger partial charge in [0.1, 0.15) is 6.33 Å². The average molecular weight is 407 g/mol. The molecule has 0 aliphatic carbocycles. The molecular weight excluding hydrogens is 388 g/mol. The first-order valence-electron chi connectivity index (χ1n) is 8.85. The van der Waals surface area contributed by atoms with Gasteiger partial charge in [0.2, 0.25) is 5.91 Å². The van der Waals surface area contributed by atoms with E-state index in [2.05, 4.69) is 26.3 Å². The van der Waals surface area contributed by atoms with Crippen LogP contribution in [0.2, 0.25) is 0 Å². The van der Waals surface area contributed by atoms with Gasteiger partial charge in [-0.25, -0.2) is 15.0 Å². The van der Waals surface area contributed by atoms with Crippen molar-refractivity contribution in [3.8, 4) is 11.3 Å². The number of aromatic nitrogens is 3. The number of carbonyl (C=O) groups excluding carboxylic acids is 1. The third kappa shape index (κ3) is 4.55. The fourth-order valence-corrected chi connectivity index (χ4v) is 4.49. The predicted molar refractivity (Wildman–Crippen MR) is 116 cm³/mol. The molecule has 28 heavy (non-hydrogen) atoms. The molecule has 2 aromatic carbocycles. The number of thioether (sulfide) groups is 1. The lowest BCUT2D eigenvalue weighted by Gasteiger charge is -2.04. The number of nitrogens with zero attached hydrogens (tertiary/aromatic N) is 3. The third-order valence-electron chi connectivity index (χ3n) is 4.08. The van der Waals surface area contributed by atoms with Crippen molar-refractivity contribution in [2.45, 2.75) is 18.4 Å². The molecule has 140 valence electrons. The van der Waals surface area contributed by atoms with Crippen molar-refractivity contribution < 1.29 is 4.79 Å². The highest BCUT2D eigenvalue weighted by molar-refractivity contribution is 7.99. The third-order valence-corrected chi connectivity index (χ3v) is 5.94. The van der Waals surface area contributed by atoms with Gasteiger partial charge in [-0.2, -0.15) is 0 Å². The maximum absolute atomic E-state index is 12.2. The number of benzene rings is 2. The van der Waals surface area contributed by atoms with Crippen molar-refractivity contribution in [3.05, 3.63) is 66.5 Å². The second-order valence-electron chi connectivity index (χ2n) is 6.24. The van der Waals surface area contributed by atoms with Gasteiger partial charge in [0, 0.05) is 17.7 Å². The summed E-state index contributed by atoms with van der Waals surface area (Å²) in [5.74, 6) is 0.599. The van der Waals surface area contributed by atoms with Crippen molar-refractivity contribution >= 4 is 44.4 Å². The number of nitrogens with one attached hydrogen (secondary N) is 1. The number of hydrogen-bond acceptors (Lipinski definition) is 6. The van der Waals surface area contributed by atoms with Crippen LogP contribution in [-0.4, -0.2) is 26.6 Å². The van der Waals surface area contributed by atoms with Crippen molar-refractivity contribution in [1.82, 2.24) is 15.0 Å². The highest BCUT2D eigenvalue weighted by atomic mass is 32.2. The van der Waals surface area contributed by atoms with E-state index in [1.807, 2.05) is 55.5 Å². The van der Waals surface area contributed by atoms with E-state index in [1.54, 1.807) is 18.1 Å². The van der Waals surface area contributed by atoms with E-state index in [9.17, 15) is 4.79 Å². The zero-order chi connectivity index (χ0) is 19.3. The summed E-state index contributed by atoms with van der Waals surface area (Å²) in [6.45, 7) is 2.05. The molecule has 0 spiro atoms. The number of thiazole rings is 1. The molecular formula is C21H18N4OS2. The topological polar surface area (TPSA) is 67.8 Å². The van der Waals surface area contributed by atoms with Crippen molar-refractivity contribution in [1.29, 1.82) is 0 Å². The minimum Gasteiger partial charge on any atom is -0.302 e. The van der Waals surface area contributed by atoms with Crippen LogP contribution in [0.4, 0.5) is 5.13 Å². The van der Waals surface area contributed by atoms with E-state index in [-0.39, 0.29) is 5.91 Å². The van der Waals surface area contributed by atoms with Gasteiger partial charge in [-0.1, -0.05) is 47.7 Å². The Kier molecular flexibility index (Phi) is 5.64. The molecule has 4 rings (SSSR count). The summed E-state index contributed by atoms with van der Waals surface area (Å²) in [5.41, 5.74) is 4.03. The number of carbonyl (C=O) groups is 1. The van der Waals surface area contributed by atoms with Gasteiger partial charge < -0.3 is 5.32 Å². The Hall–Kier alpha value is -2.77. The minimum absolute atomic E-state index is 0.0411. The first kappa shape index (κ1) is 18.6. The second-order valence-corrected chi connectivity index (χ2v) is 8.39. The largest absolute Gasteiger partial charge is 0.302 e. The highest BCUT2D eigenvalue weighted by Gasteiger charge is 2.09. The summed E-state index contributed by atoms with van der Waals surface area (Å²) in [4.78, 5) is 25.3. The van der Waals surface area contributed by atoms with Gasteiger partial charge in [-0.05, 0) is 30.7 Å². The summed E-state index contributed by atoms with van der Waals surface area (Å²) in [6, 6.07) is 18.0. The number of anilines is 1. The van der Waals surface area contributed by atoms with E-state index in [0.717, 1.165) is 26.5 Å². The number of hydrogen-bond donors (Lipinski definition) is 1. The molecule has 0 aliphatic rings. The summed E-state index contributed by atoms with van der Waals surface area (Å²) < 4.78 is 1.08. The number of fused-ring (bicyclic) bond motifs is 1. The van der Waals surface area contributed by atoms with E-state index in [1.165, 1.54) is 16.9 Å². The van der Waals surface area contributed by atoms with E-state index < -0.39 is 0 Å². The molecule has 1 amide bonds. The Morgan fingerprint density at radius 2 is 1.96 bits per heavy atom. The Morgan fingerprint density at radius 1 is 1.11 bits per heavy atom. The quantitative estimate of drug-likeness (QED) is 0.353. The second kappa shape index (κ2) is 8.50. The molecule has 5 nitrogen and oxygen atoms in total. The molecule has 0 bridgehead atoms. The highest BCUT2D eigenvalue weighted by Crippen LogP contribution is 2.27. The van der Waals surface area contributed by atoms with Crippen LogP contribution < -0.4 is 5.32 Å². The Morgan fingerprint density at radius 3 is 2.82 bits per heavy atom. The molecule has 0 unspecified atom stereocenters. The zero-order valence-electron chi connectivity index (χ0n) is 15.3. The van der Waals surface area contributed by atoms with Gasteiger partial charge in [0.25, 0.3) is 0 Å². The summed E-state index contributed by atoms with van der Waals surface area (Å²) in [5, 5.41) is 4.40. The first-order valence-corrected chi connectivity index (χ1v) is 10.6. The molecule has 7 heteroatoms. The van der Waals surface area contributed by atoms with Crippen LogP contribution in [0.3, 0.4) is 0 Å². The smallest absolute Gasteiger partial charge is 0.226 e. The van der Waals surface area contributed by atoms with Crippen LogP contribution in [0.5, 0.6) is 0 Å². The summed E-state index contributed by atoms with van der Waals surface area (Å²) >= 11 is 3.04. The molecule has 2 aromatic heterocycles. The number of aryl methyl sites for hydroxylation is 1. The molecule has 0 aliphatic heterocycles. The first-order chi connectivity index (χ1) is 13.7. The molecule has 1 N–H and O–H groups in total. The fraction of sp³-hybridized carbons (Fsp3) is 0.143. The van der Waals surface area contributed by atoms with Gasteiger partial charge in [-0.3, -0.25) is 4.79 Å². The number of rotatable bonds is 6. The lowest BCUT2D eigenvalue weighted by atomic mass is 10.1. The van der Waals surface area contributed by atoms with E-state index in [0.29, 0.717) is 17.3 Å². The predicted octanol–water partition coefficient (Wildman–Crippen LogP) is 5.18. The normalized spacial score (nSPS) is 10.9. The fourth-order valence-electron chi connectivity index (χ4n) is 2.70. The Balaban J connectivity index is 1.32. The minimum atomic E-state index is -0.0411. The van der Waals surface area contributed by atoms with Crippen molar-refractivity contribution in [2.75, 3.05) is 11.1 Å². The van der Waals surface area contributed by atoms with E-state index in [4.69, 9.17) is 0 Å². The van der Waals surface area contributed by atoms with Crippen LogP contribution in [0, 0.1) is 6.92 Å².